The van der Waals surface area contributed by atoms with Gasteiger partial charge in [0, 0.05) is 11.0 Å². The fourth-order valence-corrected chi connectivity index (χ4v) is 1.97. The zero-order valence-electron chi connectivity index (χ0n) is 7.50. The van der Waals surface area contributed by atoms with Gasteiger partial charge in [0.05, 0.1) is 0 Å². The number of nitrogens with one attached hydrogen (secondary N) is 1. The van der Waals surface area contributed by atoms with Gasteiger partial charge in [0.1, 0.15) is 12.7 Å². The van der Waals surface area contributed by atoms with Crippen LogP contribution in [0.2, 0.25) is 0 Å². The van der Waals surface area contributed by atoms with Gasteiger partial charge in [-0.1, -0.05) is 34.1 Å². The van der Waals surface area contributed by atoms with Crippen LogP contribution >= 0.6 is 15.9 Å². The Morgan fingerprint density at radius 3 is 2.86 bits per heavy atom. The van der Waals surface area contributed by atoms with Crippen LogP contribution in [-0.4, -0.2) is 19.1 Å². The van der Waals surface area contributed by atoms with Gasteiger partial charge >= 0.3 is 0 Å². The lowest BCUT2D eigenvalue weighted by Crippen LogP contribution is -2.38. The number of carbonyl (C=O) groups is 1. The molecule has 0 spiro atoms. The molecule has 14 heavy (non-hydrogen) atoms. The Kier molecular flexibility index (Phi) is 2.84. The Labute approximate surface area is 90.6 Å². The quantitative estimate of drug-likeness (QED) is 0.829. The standard InChI is InChI=1S/C10H10BrNO2/c11-8-4-2-1-3-7(8)9-5-12-10(13)6-14-9/h1-4,9H,5-6H2,(H,12,13). The first-order chi connectivity index (χ1) is 6.77. The molecule has 1 aromatic rings. The molecule has 1 unspecified atom stereocenters. The fraction of sp³-hybridized carbons (Fsp3) is 0.300. The largest absolute Gasteiger partial charge is 0.362 e. The summed E-state index contributed by atoms with van der Waals surface area (Å²) in [5.74, 6) is -0.0479. The van der Waals surface area contributed by atoms with E-state index in [1.807, 2.05) is 24.3 Å². The minimum atomic E-state index is -0.0479. The number of halogens is 1. The Hall–Kier alpha value is -0.870. The molecule has 1 aliphatic heterocycles. The topological polar surface area (TPSA) is 38.3 Å². The molecule has 0 saturated carbocycles. The molecule has 1 N–H and O–H groups in total. The zero-order valence-corrected chi connectivity index (χ0v) is 9.08. The Morgan fingerprint density at radius 1 is 1.43 bits per heavy atom. The Morgan fingerprint density at radius 2 is 2.21 bits per heavy atom. The molecule has 0 aliphatic carbocycles. The number of morpholine rings is 1. The lowest BCUT2D eigenvalue weighted by atomic mass is 10.1. The van der Waals surface area contributed by atoms with E-state index in [1.54, 1.807) is 0 Å². The first kappa shape index (κ1) is 9.68. The number of hydrogen-bond acceptors (Lipinski definition) is 2. The third-order valence-corrected chi connectivity index (χ3v) is 2.87. The number of ether oxygens (including phenoxy) is 1. The summed E-state index contributed by atoms with van der Waals surface area (Å²) in [5.41, 5.74) is 1.08. The second-order valence-electron chi connectivity index (χ2n) is 3.13. The van der Waals surface area contributed by atoms with Crippen LogP contribution in [-0.2, 0) is 9.53 Å². The molecular formula is C10H10BrNO2. The lowest BCUT2D eigenvalue weighted by molar-refractivity contribution is -0.133. The zero-order chi connectivity index (χ0) is 9.97. The van der Waals surface area contributed by atoms with Gasteiger partial charge in [0.25, 0.3) is 0 Å². The molecule has 0 radical (unpaired) electrons. The molecule has 1 fully saturated rings. The maximum atomic E-state index is 10.9. The van der Waals surface area contributed by atoms with Crippen molar-refractivity contribution in [3.63, 3.8) is 0 Å². The van der Waals surface area contributed by atoms with Gasteiger partial charge in [0.15, 0.2) is 0 Å². The molecule has 1 heterocycles. The van der Waals surface area contributed by atoms with E-state index in [4.69, 9.17) is 4.74 Å². The van der Waals surface area contributed by atoms with Crippen LogP contribution in [0.25, 0.3) is 0 Å². The van der Waals surface area contributed by atoms with Crippen molar-refractivity contribution < 1.29 is 9.53 Å². The van der Waals surface area contributed by atoms with Crippen LogP contribution in [0.5, 0.6) is 0 Å². The second-order valence-corrected chi connectivity index (χ2v) is 3.98. The normalized spacial score (nSPS) is 21.8. The summed E-state index contributed by atoms with van der Waals surface area (Å²) in [6, 6.07) is 7.87. The van der Waals surface area contributed by atoms with E-state index < -0.39 is 0 Å². The van der Waals surface area contributed by atoms with Crippen molar-refractivity contribution in [2.75, 3.05) is 13.2 Å². The van der Waals surface area contributed by atoms with E-state index in [2.05, 4.69) is 21.2 Å². The van der Waals surface area contributed by atoms with Crippen LogP contribution in [0.3, 0.4) is 0 Å². The van der Waals surface area contributed by atoms with Crippen molar-refractivity contribution in [3.8, 4) is 0 Å². The molecule has 1 aromatic carbocycles. The number of benzene rings is 1. The van der Waals surface area contributed by atoms with Crippen molar-refractivity contribution >= 4 is 21.8 Å². The third kappa shape index (κ3) is 1.96. The first-order valence-electron chi connectivity index (χ1n) is 4.40. The molecular weight excluding hydrogens is 246 g/mol. The summed E-state index contributed by atoms with van der Waals surface area (Å²) in [6.45, 7) is 0.688. The molecule has 1 amide bonds. The highest BCUT2D eigenvalue weighted by Crippen LogP contribution is 2.26. The second kappa shape index (κ2) is 4.11. The monoisotopic (exact) mass is 255 g/mol. The Bertz CT molecular complexity index is 344. The van der Waals surface area contributed by atoms with Gasteiger partial charge in [-0.3, -0.25) is 4.79 Å². The average molecular weight is 256 g/mol. The molecule has 1 atom stereocenters. The van der Waals surface area contributed by atoms with Crippen molar-refractivity contribution in [1.82, 2.24) is 5.32 Å². The highest BCUT2D eigenvalue weighted by molar-refractivity contribution is 9.10. The summed E-state index contributed by atoms with van der Waals surface area (Å²) in [6.07, 6.45) is -0.0386. The summed E-state index contributed by atoms with van der Waals surface area (Å²) in [7, 11) is 0. The number of amides is 1. The van der Waals surface area contributed by atoms with E-state index in [0.29, 0.717) is 6.54 Å². The van der Waals surface area contributed by atoms with Gasteiger partial charge in [-0.25, -0.2) is 0 Å². The summed E-state index contributed by atoms with van der Waals surface area (Å²) >= 11 is 3.45. The van der Waals surface area contributed by atoms with Crippen molar-refractivity contribution in [1.29, 1.82) is 0 Å². The maximum Gasteiger partial charge on any atom is 0.246 e. The van der Waals surface area contributed by atoms with Crippen molar-refractivity contribution in [3.05, 3.63) is 34.3 Å². The van der Waals surface area contributed by atoms with Crippen molar-refractivity contribution in [2.24, 2.45) is 0 Å². The van der Waals surface area contributed by atoms with E-state index in [-0.39, 0.29) is 18.6 Å². The van der Waals surface area contributed by atoms with Crippen molar-refractivity contribution in [2.45, 2.75) is 6.10 Å². The smallest absolute Gasteiger partial charge is 0.246 e. The molecule has 1 aliphatic rings. The van der Waals surface area contributed by atoms with Crippen LogP contribution in [0, 0.1) is 0 Å². The number of rotatable bonds is 1. The average Bonchev–Trinajstić information content (AvgIpc) is 2.20. The van der Waals surface area contributed by atoms with Gasteiger partial charge in [0.2, 0.25) is 5.91 Å². The summed E-state index contributed by atoms with van der Waals surface area (Å²) in [5, 5.41) is 2.77. The Balaban J connectivity index is 2.16. The van der Waals surface area contributed by atoms with Gasteiger partial charge in [-0.05, 0) is 11.6 Å². The lowest BCUT2D eigenvalue weighted by Gasteiger charge is -2.24. The fourth-order valence-electron chi connectivity index (χ4n) is 1.43. The minimum Gasteiger partial charge on any atom is -0.362 e. The molecule has 0 aromatic heterocycles. The van der Waals surface area contributed by atoms with E-state index in [9.17, 15) is 4.79 Å². The van der Waals surface area contributed by atoms with Crippen LogP contribution in [0.15, 0.2) is 28.7 Å². The third-order valence-electron chi connectivity index (χ3n) is 2.15. The molecule has 0 bridgehead atoms. The van der Waals surface area contributed by atoms with Crippen LogP contribution in [0.4, 0.5) is 0 Å². The predicted molar refractivity (Wildman–Crippen MR) is 55.8 cm³/mol. The van der Waals surface area contributed by atoms with Gasteiger partial charge in [-0.2, -0.15) is 0 Å². The van der Waals surface area contributed by atoms with E-state index in [0.717, 1.165) is 10.0 Å². The highest BCUT2D eigenvalue weighted by Gasteiger charge is 2.21. The van der Waals surface area contributed by atoms with Gasteiger partial charge < -0.3 is 10.1 Å². The first-order valence-corrected chi connectivity index (χ1v) is 5.19. The minimum absolute atomic E-state index is 0.0386. The summed E-state index contributed by atoms with van der Waals surface area (Å²) < 4.78 is 6.43. The number of carbonyl (C=O) groups excluding carboxylic acids is 1. The van der Waals surface area contributed by atoms with E-state index >= 15 is 0 Å². The van der Waals surface area contributed by atoms with E-state index in [1.165, 1.54) is 0 Å². The highest BCUT2D eigenvalue weighted by atomic mass is 79.9. The maximum absolute atomic E-state index is 10.9. The molecule has 2 rings (SSSR count). The molecule has 4 heteroatoms. The molecule has 74 valence electrons. The summed E-state index contributed by atoms with van der Waals surface area (Å²) in [4.78, 5) is 10.9. The van der Waals surface area contributed by atoms with Crippen LogP contribution < -0.4 is 5.32 Å². The number of hydrogen-bond donors (Lipinski definition) is 1. The van der Waals surface area contributed by atoms with Gasteiger partial charge in [-0.15, -0.1) is 0 Å². The van der Waals surface area contributed by atoms with Crippen LogP contribution in [0.1, 0.15) is 11.7 Å². The molecule has 1 saturated heterocycles. The molecule has 3 nitrogen and oxygen atoms in total. The predicted octanol–water partition coefficient (Wildman–Crippen LogP) is 1.64. The SMILES string of the molecule is O=C1COC(c2ccccc2Br)CN1.